The fourth-order valence-corrected chi connectivity index (χ4v) is 2.92. The molecular weight excluding hydrogens is 250 g/mol. The molecule has 1 aromatic carbocycles. The Labute approximate surface area is 122 Å². The lowest BCUT2D eigenvalue weighted by atomic mass is 9.85. The zero-order valence-electron chi connectivity index (χ0n) is 12.7. The maximum absolute atomic E-state index is 6.21. The second-order valence-corrected chi connectivity index (χ2v) is 5.63. The molecule has 20 heavy (non-hydrogen) atoms. The molecule has 2 rings (SSSR count). The number of rotatable bonds is 6. The number of hydrogen-bond acceptors (Lipinski definition) is 3. The molecule has 2 unspecified atom stereocenters. The Morgan fingerprint density at radius 1 is 1.15 bits per heavy atom. The summed E-state index contributed by atoms with van der Waals surface area (Å²) in [7, 11) is 0. The summed E-state index contributed by atoms with van der Waals surface area (Å²) in [6.45, 7) is 5.02. The predicted octanol–water partition coefficient (Wildman–Crippen LogP) is 4.41. The van der Waals surface area contributed by atoms with Gasteiger partial charge in [0.15, 0.2) is 0 Å². The van der Waals surface area contributed by atoms with Crippen LogP contribution in [0.1, 0.15) is 52.4 Å². The summed E-state index contributed by atoms with van der Waals surface area (Å²) in [6.07, 6.45) is 7.45. The van der Waals surface area contributed by atoms with Gasteiger partial charge in [0.25, 0.3) is 0 Å². The lowest BCUT2D eigenvalue weighted by Gasteiger charge is -2.31. The summed E-state index contributed by atoms with van der Waals surface area (Å²) in [5.74, 6) is 2.18. The Morgan fingerprint density at radius 2 is 1.90 bits per heavy atom. The lowest BCUT2D eigenvalue weighted by molar-refractivity contribution is 0.0908. The monoisotopic (exact) mass is 277 g/mol. The molecule has 0 radical (unpaired) electrons. The van der Waals surface area contributed by atoms with Gasteiger partial charge in [-0.2, -0.15) is 0 Å². The maximum Gasteiger partial charge on any atom is 0.146 e. The molecule has 0 heterocycles. The van der Waals surface area contributed by atoms with Crippen LogP contribution < -0.4 is 15.2 Å². The number of nitrogen functional groups attached to an aromatic ring is 1. The van der Waals surface area contributed by atoms with Gasteiger partial charge in [0.05, 0.1) is 6.61 Å². The molecule has 0 spiro atoms. The molecule has 0 bridgehead atoms. The van der Waals surface area contributed by atoms with Gasteiger partial charge in [-0.05, 0) is 50.2 Å². The van der Waals surface area contributed by atoms with Crippen LogP contribution in [0.25, 0.3) is 0 Å². The van der Waals surface area contributed by atoms with Crippen LogP contribution in [0.4, 0.5) is 5.69 Å². The van der Waals surface area contributed by atoms with E-state index < -0.39 is 0 Å². The van der Waals surface area contributed by atoms with Crippen LogP contribution in [0.3, 0.4) is 0 Å². The van der Waals surface area contributed by atoms with Gasteiger partial charge in [0, 0.05) is 0 Å². The van der Waals surface area contributed by atoms with Gasteiger partial charge in [0.2, 0.25) is 0 Å². The van der Waals surface area contributed by atoms with Crippen LogP contribution in [0, 0.1) is 5.92 Å². The number of nitrogens with two attached hydrogens (primary N) is 1. The van der Waals surface area contributed by atoms with Crippen LogP contribution >= 0.6 is 0 Å². The summed E-state index contributed by atoms with van der Waals surface area (Å²) in [6, 6.07) is 5.83. The van der Waals surface area contributed by atoms with E-state index in [4.69, 9.17) is 15.2 Å². The molecule has 1 aliphatic rings. The number of ether oxygens (including phenoxy) is 2. The summed E-state index contributed by atoms with van der Waals surface area (Å²) < 4.78 is 11.9. The van der Waals surface area contributed by atoms with Crippen molar-refractivity contribution >= 4 is 5.69 Å². The van der Waals surface area contributed by atoms with E-state index in [0.29, 0.717) is 24.3 Å². The van der Waals surface area contributed by atoms with Gasteiger partial charge in [-0.25, -0.2) is 0 Å². The molecule has 3 heteroatoms. The normalized spacial score (nSPS) is 22.5. The molecule has 112 valence electrons. The van der Waals surface area contributed by atoms with Crippen LogP contribution in [0.15, 0.2) is 18.2 Å². The van der Waals surface area contributed by atoms with Crippen LogP contribution in [-0.4, -0.2) is 12.7 Å². The van der Waals surface area contributed by atoms with E-state index in [9.17, 15) is 0 Å². The topological polar surface area (TPSA) is 44.5 Å². The van der Waals surface area contributed by atoms with E-state index in [2.05, 4.69) is 13.8 Å². The van der Waals surface area contributed by atoms with Crippen LogP contribution in [-0.2, 0) is 0 Å². The van der Waals surface area contributed by atoms with Crippen LogP contribution in [0.2, 0.25) is 0 Å². The third-order valence-electron chi connectivity index (χ3n) is 4.13. The molecule has 1 aliphatic carbocycles. The molecule has 0 aliphatic heterocycles. The molecule has 1 fully saturated rings. The molecule has 2 N–H and O–H groups in total. The van der Waals surface area contributed by atoms with Crippen molar-refractivity contribution < 1.29 is 9.47 Å². The third-order valence-corrected chi connectivity index (χ3v) is 4.13. The van der Waals surface area contributed by atoms with Crippen LogP contribution in [0.5, 0.6) is 11.5 Å². The summed E-state index contributed by atoms with van der Waals surface area (Å²) in [4.78, 5) is 0. The van der Waals surface area contributed by atoms with Crippen molar-refractivity contribution in [2.75, 3.05) is 12.3 Å². The summed E-state index contributed by atoms with van der Waals surface area (Å²) in [5.41, 5.74) is 6.82. The highest BCUT2D eigenvalue weighted by atomic mass is 16.5. The van der Waals surface area contributed by atoms with E-state index in [1.54, 1.807) is 0 Å². The van der Waals surface area contributed by atoms with Crippen molar-refractivity contribution in [1.82, 2.24) is 0 Å². The van der Waals surface area contributed by atoms with Gasteiger partial charge in [-0.15, -0.1) is 0 Å². The lowest BCUT2D eigenvalue weighted by Crippen LogP contribution is -2.30. The van der Waals surface area contributed by atoms with Crippen molar-refractivity contribution in [2.45, 2.75) is 58.5 Å². The van der Waals surface area contributed by atoms with Crippen molar-refractivity contribution in [3.63, 3.8) is 0 Å². The van der Waals surface area contributed by atoms with E-state index >= 15 is 0 Å². The first kappa shape index (κ1) is 15.0. The Bertz CT molecular complexity index is 419. The summed E-state index contributed by atoms with van der Waals surface area (Å²) in [5, 5.41) is 0. The predicted molar refractivity (Wildman–Crippen MR) is 83.3 cm³/mol. The molecule has 2 atom stereocenters. The van der Waals surface area contributed by atoms with Gasteiger partial charge < -0.3 is 15.2 Å². The molecule has 0 saturated heterocycles. The fourth-order valence-electron chi connectivity index (χ4n) is 2.92. The Balaban J connectivity index is 2.08. The molecular formula is C17H27NO2. The SMILES string of the molecule is CCCOc1cccc(OC2CCCCC2CC)c1N. The first-order valence-electron chi connectivity index (χ1n) is 7.94. The average molecular weight is 277 g/mol. The van der Waals surface area contributed by atoms with Gasteiger partial charge in [0.1, 0.15) is 23.3 Å². The largest absolute Gasteiger partial charge is 0.491 e. The van der Waals surface area contributed by atoms with Gasteiger partial charge >= 0.3 is 0 Å². The number of para-hydroxylation sites is 1. The highest BCUT2D eigenvalue weighted by molar-refractivity contribution is 5.62. The van der Waals surface area contributed by atoms with E-state index in [1.165, 1.54) is 25.7 Å². The maximum atomic E-state index is 6.21. The van der Waals surface area contributed by atoms with Crippen molar-refractivity contribution in [3.8, 4) is 11.5 Å². The standard InChI is InChI=1S/C17H27NO2/c1-3-12-19-15-10-7-11-16(17(15)18)20-14-9-6-5-8-13(14)4-2/h7,10-11,13-14H,3-6,8-9,12,18H2,1-2H3. The highest BCUT2D eigenvalue weighted by Gasteiger charge is 2.26. The molecule has 3 nitrogen and oxygen atoms in total. The average Bonchev–Trinajstić information content (AvgIpc) is 2.48. The first-order chi connectivity index (χ1) is 9.76. The number of hydrogen-bond donors (Lipinski definition) is 1. The molecule has 0 amide bonds. The quantitative estimate of drug-likeness (QED) is 0.783. The Kier molecular flexibility index (Phi) is 5.57. The van der Waals surface area contributed by atoms with Crippen molar-refractivity contribution in [2.24, 2.45) is 5.92 Å². The number of anilines is 1. The van der Waals surface area contributed by atoms with E-state index in [0.717, 1.165) is 24.3 Å². The second-order valence-electron chi connectivity index (χ2n) is 5.63. The number of benzene rings is 1. The van der Waals surface area contributed by atoms with Crippen molar-refractivity contribution in [3.05, 3.63) is 18.2 Å². The minimum absolute atomic E-state index is 0.303. The van der Waals surface area contributed by atoms with Gasteiger partial charge in [-0.1, -0.05) is 26.3 Å². The molecule has 0 aromatic heterocycles. The fraction of sp³-hybridized carbons (Fsp3) is 0.647. The molecule has 1 saturated carbocycles. The zero-order valence-corrected chi connectivity index (χ0v) is 12.7. The smallest absolute Gasteiger partial charge is 0.146 e. The van der Waals surface area contributed by atoms with E-state index in [-0.39, 0.29) is 0 Å². The Morgan fingerprint density at radius 3 is 2.65 bits per heavy atom. The van der Waals surface area contributed by atoms with Gasteiger partial charge in [-0.3, -0.25) is 0 Å². The minimum Gasteiger partial charge on any atom is -0.491 e. The minimum atomic E-state index is 0.303. The zero-order chi connectivity index (χ0) is 14.4. The summed E-state index contributed by atoms with van der Waals surface area (Å²) >= 11 is 0. The Hall–Kier alpha value is -1.38. The van der Waals surface area contributed by atoms with Crippen molar-refractivity contribution in [1.29, 1.82) is 0 Å². The molecule has 1 aromatic rings. The third kappa shape index (κ3) is 3.59. The second kappa shape index (κ2) is 7.41. The van der Waals surface area contributed by atoms with E-state index in [1.807, 2.05) is 18.2 Å². The highest BCUT2D eigenvalue weighted by Crippen LogP contribution is 2.36. The first-order valence-corrected chi connectivity index (χ1v) is 7.94.